The Morgan fingerprint density at radius 3 is 2.71 bits per heavy atom. The number of aromatic nitrogens is 1. The van der Waals surface area contributed by atoms with Crippen LogP contribution in [0.5, 0.6) is 0 Å². The van der Waals surface area contributed by atoms with Gasteiger partial charge in [-0.25, -0.2) is 4.98 Å². The van der Waals surface area contributed by atoms with Crippen LogP contribution >= 0.6 is 11.6 Å². The van der Waals surface area contributed by atoms with Gasteiger partial charge in [0.1, 0.15) is 11.0 Å². The Morgan fingerprint density at radius 2 is 2.10 bits per heavy atom. The number of rotatable bonds is 5. The van der Waals surface area contributed by atoms with Gasteiger partial charge in [-0.05, 0) is 37.3 Å². The summed E-state index contributed by atoms with van der Waals surface area (Å²) in [4.78, 5) is 18.7. The Balaban J connectivity index is 2.06. The van der Waals surface area contributed by atoms with Crippen molar-refractivity contribution in [1.82, 2.24) is 9.88 Å². The first kappa shape index (κ1) is 16.1. The summed E-state index contributed by atoms with van der Waals surface area (Å²) < 4.78 is 0. The van der Waals surface area contributed by atoms with Gasteiger partial charge < -0.3 is 10.2 Å². The predicted octanol–water partition coefficient (Wildman–Crippen LogP) is 3.82. The maximum atomic E-state index is 12.6. The van der Waals surface area contributed by atoms with Gasteiger partial charge in [-0.15, -0.1) is 0 Å². The van der Waals surface area contributed by atoms with Crippen LogP contribution in [0.2, 0.25) is 5.15 Å². The number of carbonyl (C=O) groups excluding carboxylic acids is 1. The molecule has 21 heavy (non-hydrogen) atoms. The van der Waals surface area contributed by atoms with Crippen molar-refractivity contribution < 1.29 is 4.79 Å². The molecule has 0 atom stereocenters. The molecule has 1 fully saturated rings. The molecule has 1 amide bonds. The van der Waals surface area contributed by atoms with E-state index in [1.807, 2.05) is 4.90 Å². The first-order valence-corrected chi connectivity index (χ1v) is 8.22. The van der Waals surface area contributed by atoms with Crippen LogP contribution in [0, 0.1) is 5.92 Å². The normalized spacial score (nSPS) is 16.0. The summed E-state index contributed by atoms with van der Waals surface area (Å²) in [5.41, 5.74) is 0.628. The van der Waals surface area contributed by atoms with Crippen molar-refractivity contribution in [2.75, 3.05) is 25.0 Å². The molecule has 1 saturated heterocycles. The van der Waals surface area contributed by atoms with Crippen LogP contribution in [-0.2, 0) is 0 Å². The number of likely N-dealkylation sites (tertiary alicyclic amines) is 1. The van der Waals surface area contributed by atoms with Gasteiger partial charge >= 0.3 is 0 Å². The smallest absolute Gasteiger partial charge is 0.254 e. The Morgan fingerprint density at radius 1 is 1.38 bits per heavy atom. The zero-order valence-electron chi connectivity index (χ0n) is 12.9. The molecule has 1 aliphatic heterocycles. The maximum Gasteiger partial charge on any atom is 0.254 e. The molecule has 0 bridgehead atoms. The topological polar surface area (TPSA) is 45.2 Å². The molecule has 4 nitrogen and oxygen atoms in total. The third kappa shape index (κ3) is 4.34. The van der Waals surface area contributed by atoms with E-state index in [2.05, 4.69) is 24.1 Å². The number of carbonyl (C=O) groups is 1. The van der Waals surface area contributed by atoms with Gasteiger partial charge in [-0.1, -0.05) is 31.9 Å². The Labute approximate surface area is 131 Å². The van der Waals surface area contributed by atoms with E-state index in [4.69, 9.17) is 11.6 Å². The van der Waals surface area contributed by atoms with Crippen molar-refractivity contribution in [2.45, 2.75) is 39.5 Å². The predicted molar refractivity (Wildman–Crippen MR) is 86.9 cm³/mol. The van der Waals surface area contributed by atoms with Crippen LogP contribution in [-0.4, -0.2) is 35.4 Å². The molecule has 1 aromatic heterocycles. The fraction of sp³-hybridized carbons (Fsp3) is 0.625. The minimum atomic E-state index is 0.0633. The summed E-state index contributed by atoms with van der Waals surface area (Å²) in [6, 6.07) is 3.46. The van der Waals surface area contributed by atoms with Gasteiger partial charge in [0.2, 0.25) is 0 Å². The number of nitrogens with one attached hydrogen (secondary N) is 1. The Bertz CT molecular complexity index is 484. The van der Waals surface area contributed by atoms with Crippen molar-refractivity contribution >= 4 is 23.3 Å². The largest absolute Gasteiger partial charge is 0.370 e. The molecule has 0 saturated carbocycles. The van der Waals surface area contributed by atoms with Crippen molar-refractivity contribution in [3.63, 3.8) is 0 Å². The van der Waals surface area contributed by atoms with E-state index in [9.17, 15) is 4.79 Å². The van der Waals surface area contributed by atoms with Crippen molar-refractivity contribution in [1.29, 1.82) is 0 Å². The summed E-state index contributed by atoms with van der Waals surface area (Å²) in [6.07, 6.45) is 4.40. The number of hydrogen-bond donors (Lipinski definition) is 1. The molecule has 5 heteroatoms. The molecule has 0 aliphatic carbocycles. The molecular weight excluding hydrogens is 286 g/mol. The molecule has 1 N–H and O–H groups in total. The molecule has 1 aromatic rings. The Kier molecular flexibility index (Phi) is 5.85. The highest BCUT2D eigenvalue weighted by atomic mass is 35.5. The van der Waals surface area contributed by atoms with Gasteiger partial charge in [-0.2, -0.15) is 0 Å². The van der Waals surface area contributed by atoms with Crippen LogP contribution in [0.25, 0.3) is 0 Å². The van der Waals surface area contributed by atoms with E-state index in [0.29, 0.717) is 16.5 Å². The van der Waals surface area contributed by atoms with E-state index in [0.717, 1.165) is 44.8 Å². The molecule has 1 aliphatic rings. The van der Waals surface area contributed by atoms with Crippen LogP contribution in [0.1, 0.15) is 49.9 Å². The monoisotopic (exact) mass is 309 g/mol. The molecule has 2 rings (SSSR count). The van der Waals surface area contributed by atoms with E-state index in [1.165, 1.54) is 6.42 Å². The highest BCUT2D eigenvalue weighted by Crippen LogP contribution is 2.23. The minimum Gasteiger partial charge on any atom is -0.370 e. The second kappa shape index (κ2) is 7.64. The lowest BCUT2D eigenvalue weighted by Crippen LogP contribution is -2.38. The highest BCUT2D eigenvalue weighted by Gasteiger charge is 2.23. The molecule has 0 radical (unpaired) electrons. The fourth-order valence-electron chi connectivity index (χ4n) is 2.69. The first-order valence-electron chi connectivity index (χ1n) is 7.84. The molecule has 0 aromatic carbocycles. The summed E-state index contributed by atoms with van der Waals surface area (Å²) in [6.45, 7) is 6.81. The number of amides is 1. The molecule has 0 spiro atoms. The van der Waals surface area contributed by atoms with Crippen LogP contribution in [0.3, 0.4) is 0 Å². The number of halogens is 1. The summed E-state index contributed by atoms with van der Waals surface area (Å²) in [5.74, 6) is 1.50. The second-order valence-corrected chi connectivity index (χ2v) is 6.02. The minimum absolute atomic E-state index is 0.0633. The lowest BCUT2D eigenvalue weighted by Gasteiger charge is -2.31. The van der Waals surface area contributed by atoms with Crippen LogP contribution in [0.4, 0.5) is 5.82 Å². The molecule has 116 valence electrons. The SMILES string of the molecule is CCCNc1cc(C(=O)N2CCC(CC)CC2)cc(Cl)n1. The number of nitrogens with zero attached hydrogens (tertiary/aromatic N) is 2. The molecule has 0 unspecified atom stereocenters. The molecule has 2 heterocycles. The van der Waals surface area contributed by atoms with Gasteiger partial charge in [0, 0.05) is 25.2 Å². The van der Waals surface area contributed by atoms with Crippen molar-refractivity contribution in [2.24, 2.45) is 5.92 Å². The molecular formula is C16H24ClN3O. The van der Waals surface area contributed by atoms with E-state index in [1.54, 1.807) is 12.1 Å². The summed E-state index contributed by atoms with van der Waals surface area (Å²) in [5, 5.41) is 3.55. The third-order valence-corrected chi connectivity index (χ3v) is 4.27. The van der Waals surface area contributed by atoms with Crippen LogP contribution < -0.4 is 5.32 Å². The number of pyridine rings is 1. The average Bonchev–Trinajstić information content (AvgIpc) is 2.51. The van der Waals surface area contributed by atoms with Gasteiger partial charge in [0.15, 0.2) is 0 Å². The van der Waals surface area contributed by atoms with Gasteiger partial charge in [-0.3, -0.25) is 4.79 Å². The Hall–Kier alpha value is -1.29. The zero-order chi connectivity index (χ0) is 15.2. The highest BCUT2D eigenvalue weighted by molar-refractivity contribution is 6.29. The van der Waals surface area contributed by atoms with E-state index >= 15 is 0 Å². The van der Waals surface area contributed by atoms with Gasteiger partial charge in [0.05, 0.1) is 0 Å². The second-order valence-electron chi connectivity index (χ2n) is 5.63. The number of hydrogen-bond acceptors (Lipinski definition) is 3. The van der Waals surface area contributed by atoms with Crippen LogP contribution in [0.15, 0.2) is 12.1 Å². The lowest BCUT2D eigenvalue weighted by atomic mass is 9.94. The average molecular weight is 310 g/mol. The van der Waals surface area contributed by atoms with Crippen molar-refractivity contribution in [3.8, 4) is 0 Å². The van der Waals surface area contributed by atoms with E-state index in [-0.39, 0.29) is 5.91 Å². The van der Waals surface area contributed by atoms with Crippen molar-refractivity contribution in [3.05, 3.63) is 22.8 Å². The summed E-state index contributed by atoms with van der Waals surface area (Å²) in [7, 11) is 0. The van der Waals surface area contributed by atoms with E-state index < -0.39 is 0 Å². The lowest BCUT2D eigenvalue weighted by molar-refractivity contribution is 0.0688. The number of piperidine rings is 1. The third-order valence-electron chi connectivity index (χ3n) is 4.08. The quantitative estimate of drug-likeness (QED) is 0.841. The number of anilines is 1. The zero-order valence-corrected chi connectivity index (χ0v) is 13.6. The van der Waals surface area contributed by atoms with Gasteiger partial charge in [0.25, 0.3) is 5.91 Å². The summed E-state index contributed by atoms with van der Waals surface area (Å²) >= 11 is 6.04. The fourth-order valence-corrected chi connectivity index (χ4v) is 2.90. The standard InChI is InChI=1S/C16H24ClN3O/c1-3-7-18-15-11-13(10-14(17)19-15)16(21)20-8-5-12(4-2)6-9-20/h10-12H,3-9H2,1-2H3,(H,18,19). The first-order chi connectivity index (χ1) is 10.1. The maximum absolute atomic E-state index is 12.6.